The quantitative estimate of drug-likeness (QED) is 0.388. The molecule has 3 heteroatoms. The number of halogens is 1. The Balaban J connectivity index is 1.85. The van der Waals surface area contributed by atoms with Crippen LogP contribution >= 0.6 is 11.6 Å². The van der Waals surface area contributed by atoms with Crippen molar-refractivity contribution in [3.05, 3.63) is 95.3 Å². The highest BCUT2D eigenvalue weighted by atomic mass is 35.5. The Morgan fingerprint density at radius 1 is 0.963 bits per heavy atom. The second-order valence-electron chi connectivity index (χ2n) is 6.45. The number of nitrogens with zero attached hydrogens (tertiary/aromatic N) is 1. The summed E-state index contributed by atoms with van der Waals surface area (Å²) in [5.74, 6) is 0.778. The van der Waals surface area contributed by atoms with Gasteiger partial charge in [0.2, 0.25) is 0 Å². The molecule has 0 aliphatic heterocycles. The second kappa shape index (κ2) is 7.81. The molecule has 0 N–H and O–H groups in total. The minimum absolute atomic E-state index is 0.514. The molecule has 134 valence electrons. The largest absolute Gasteiger partial charge is 0.487 e. The number of hydrogen-bond donors (Lipinski definition) is 0. The Morgan fingerprint density at radius 3 is 2.52 bits per heavy atom. The lowest BCUT2D eigenvalue weighted by atomic mass is 9.88. The lowest BCUT2D eigenvalue weighted by Gasteiger charge is -2.18. The van der Waals surface area contributed by atoms with Gasteiger partial charge < -0.3 is 4.74 Å². The molecule has 0 fully saturated rings. The summed E-state index contributed by atoms with van der Waals surface area (Å²) in [4.78, 5) is 4.13. The van der Waals surface area contributed by atoms with Gasteiger partial charge in [-0.1, -0.05) is 54.9 Å². The zero-order valence-electron chi connectivity index (χ0n) is 15.2. The van der Waals surface area contributed by atoms with Crippen LogP contribution in [0.5, 0.6) is 5.75 Å². The van der Waals surface area contributed by atoms with Crippen molar-refractivity contribution >= 4 is 22.4 Å². The van der Waals surface area contributed by atoms with Gasteiger partial charge in [0.15, 0.2) is 0 Å². The predicted molar refractivity (Wildman–Crippen MR) is 112 cm³/mol. The summed E-state index contributed by atoms with van der Waals surface area (Å²) in [6.07, 6.45) is 4.42. The fraction of sp³-hybridized carbons (Fsp3) is 0.125. The van der Waals surface area contributed by atoms with Gasteiger partial charge in [-0.2, -0.15) is 0 Å². The average Bonchev–Trinajstić information content (AvgIpc) is 2.72. The lowest BCUT2D eigenvalue weighted by molar-refractivity contribution is 0.304. The van der Waals surface area contributed by atoms with E-state index in [1.807, 2.05) is 24.3 Å². The van der Waals surface area contributed by atoms with Crippen LogP contribution in [0.1, 0.15) is 18.1 Å². The third-order valence-corrected chi connectivity index (χ3v) is 5.02. The Morgan fingerprint density at radius 2 is 1.78 bits per heavy atom. The predicted octanol–water partition coefficient (Wildman–Crippen LogP) is 6.70. The maximum atomic E-state index is 6.11. The van der Waals surface area contributed by atoms with Crippen molar-refractivity contribution in [3.63, 3.8) is 0 Å². The molecule has 0 aliphatic rings. The molecule has 0 amide bonds. The highest BCUT2D eigenvalue weighted by molar-refractivity contribution is 6.30. The number of hydrogen-bond acceptors (Lipinski definition) is 2. The summed E-state index contributed by atoms with van der Waals surface area (Å²) in [7, 11) is 0. The molecule has 27 heavy (non-hydrogen) atoms. The van der Waals surface area contributed by atoms with Crippen LogP contribution in [-0.4, -0.2) is 4.98 Å². The van der Waals surface area contributed by atoms with E-state index in [0.717, 1.165) is 17.2 Å². The molecule has 0 aliphatic carbocycles. The van der Waals surface area contributed by atoms with E-state index in [-0.39, 0.29) is 0 Å². The Hall–Kier alpha value is -2.84. The number of aromatic nitrogens is 1. The highest BCUT2D eigenvalue weighted by Crippen LogP contribution is 2.36. The third-order valence-electron chi connectivity index (χ3n) is 4.76. The van der Waals surface area contributed by atoms with Gasteiger partial charge in [-0.15, -0.1) is 0 Å². The Bertz CT molecular complexity index is 1060. The number of pyridine rings is 1. The van der Waals surface area contributed by atoms with Gasteiger partial charge in [-0.25, -0.2) is 0 Å². The molecular weight excluding hydrogens is 354 g/mol. The molecule has 1 aromatic heterocycles. The Labute approximate surface area is 164 Å². The van der Waals surface area contributed by atoms with Gasteiger partial charge in [-0.05, 0) is 69.8 Å². The molecule has 0 atom stereocenters. The van der Waals surface area contributed by atoms with E-state index in [4.69, 9.17) is 16.3 Å². The summed E-state index contributed by atoms with van der Waals surface area (Å²) in [5.41, 5.74) is 4.94. The smallest absolute Gasteiger partial charge is 0.138 e. The molecule has 4 rings (SSSR count). The van der Waals surface area contributed by atoms with Crippen LogP contribution in [0.2, 0.25) is 5.02 Å². The maximum absolute atomic E-state index is 6.11. The summed E-state index contributed by atoms with van der Waals surface area (Å²) >= 11 is 6.11. The molecule has 4 aromatic rings. The normalized spacial score (nSPS) is 10.9. The first-order valence-electron chi connectivity index (χ1n) is 9.08. The first kappa shape index (κ1) is 17.6. The monoisotopic (exact) mass is 373 g/mol. The standard InChI is InChI=1S/C24H20ClNO/c1-2-22-19(16-27-21-7-5-13-26-15-21)14-18-6-3-4-8-23(18)24(22)17-9-11-20(25)12-10-17/h3-15H,2,16H2,1H3. The zero-order chi connectivity index (χ0) is 18.6. The molecule has 1 heterocycles. The maximum Gasteiger partial charge on any atom is 0.138 e. The third kappa shape index (κ3) is 3.67. The van der Waals surface area contributed by atoms with Crippen LogP contribution in [-0.2, 0) is 13.0 Å². The molecule has 0 spiro atoms. The van der Waals surface area contributed by atoms with Gasteiger partial charge >= 0.3 is 0 Å². The fourth-order valence-electron chi connectivity index (χ4n) is 3.52. The van der Waals surface area contributed by atoms with E-state index < -0.39 is 0 Å². The molecule has 0 bridgehead atoms. The van der Waals surface area contributed by atoms with Gasteiger partial charge in [0.05, 0.1) is 6.20 Å². The molecule has 0 saturated heterocycles. The number of rotatable bonds is 5. The van der Waals surface area contributed by atoms with E-state index in [1.54, 1.807) is 12.4 Å². The van der Waals surface area contributed by atoms with Crippen molar-refractivity contribution in [1.29, 1.82) is 0 Å². The number of benzene rings is 3. The van der Waals surface area contributed by atoms with E-state index in [1.165, 1.54) is 33.0 Å². The van der Waals surface area contributed by atoms with Crippen LogP contribution < -0.4 is 4.74 Å². The van der Waals surface area contributed by atoms with Gasteiger partial charge in [0.25, 0.3) is 0 Å². The molecule has 0 radical (unpaired) electrons. The molecule has 3 aromatic carbocycles. The number of ether oxygens (including phenoxy) is 1. The van der Waals surface area contributed by atoms with Crippen molar-refractivity contribution in [2.45, 2.75) is 20.0 Å². The first-order valence-corrected chi connectivity index (χ1v) is 9.46. The van der Waals surface area contributed by atoms with Crippen LogP contribution in [0.25, 0.3) is 21.9 Å². The van der Waals surface area contributed by atoms with Gasteiger partial charge in [0, 0.05) is 11.2 Å². The molecular formula is C24H20ClNO. The van der Waals surface area contributed by atoms with E-state index in [9.17, 15) is 0 Å². The van der Waals surface area contributed by atoms with Crippen molar-refractivity contribution in [1.82, 2.24) is 4.98 Å². The van der Waals surface area contributed by atoms with Crippen molar-refractivity contribution in [2.24, 2.45) is 0 Å². The lowest BCUT2D eigenvalue weighted by Crippen LogP contribution is -2.03. The topological polar surface area (TPSA) is 22.1 Å². The van der Waals surface area contributed by atoms with Crippen molar-refractivity contribution in [2.75, 3.05) is 0 Å². The van der Waals surface area contributed by atoms with Crippen molar-refractivity contribution < 1.29 is 4.74 Å². The van der Waals surface area contributed by atoms with Crippen LogP contribution in [0.3, 0.4) is 0 Å². The highest BCUT2D eigenvalue weighted by Gasteiger charge is 2.14. The minimum atomic E-state index is 0.514. The van der Waals surface area contributed by atoms with E-state index in [0.29, 0.717) is 6.61 Å². The average molecular weight is 374 g/mol. The number of fused-ring (bicyclic) bond motifs is 1. The Kier molecular flexibility index (Phi) is 5.08. The minimum Gasteiger partial charge on any atom is -0.487 e. The summed E-state index contributed by atoms with van der Waals surface area (Å²) < 4.78 is 6.01. The first-order chi connectivity index (χ1) is 13.3. The SMILES string of the molecule is CCc1c(COc2cccnc2)cc2ccccc2c1-c1ccc(Cl)cc1. The van der Waals surface area contributed by atoms with Crippen LogP contribution in [0, 0.1) is 0 Å². The molecule has 0 saturated carbocycles. The molecule has 2 nitrogen and oxygen atoms in total. The summed E-state index contributed by atoms with van der Waals surface area (Å²) in [6, 6.07) is 22.6. The van der Waals surface area contributed by atoms with Crippen molar-refractivity contribution in [3.8, 4) is 16.9 Å². The second-order valence-corrected chi connectivity index (χ2v) is 6.88. The van der Waals surface area contributed by atoms with Gasteiger partial charge in [0.1, 0.15) is 12.4 Å². The van der Waals surface area contributed by atoms with Gasteiger partial charge in [-0.3, -0.25) is 4.98 Å². The van der Waals surface area contributed by atoms with Crippen LogP contribution in [0.4, 0.5) is 0 Å². The fourth-order valence-corrected chi connectivity index (χ4v) is 3.65. The van der Waals surface area contributed by atoms with Crippen LogP contribution in [0.15, 0.2) is 79.1 Å². The zero-order valence-corrected chi connectivity index (χ0v) is 15.9. The summed E-state index contributed by atoms with van der Waals surface area (Å²) in [6.45, 7) is 2.71. The van der Waals surface area contributed by atoms with E-state index >= 15 is 0 Å². The summed E-state index contributed by atoms with van der Waals surface area (Å²) in [5, 5.41) is 3.21. The molecule has 0 unspecified atom stereocenters. The van der Waals surface area contributed by atoms with E-state index in [2.05, 4.69) is 54.4 Å².